The average molecular weight is 381 g/mol. The summed E-state index contributed by atoms with van der Waals surface area (Å²) in [5.41, 5.74) is 3.23. The summed E-state index contributed by atoms with van der Waals surface area (Å²) in [4.78, 5) is 0. The molecule has 3 aromatic rings. The Bertz CT molecular complexity index is 892. The molecule has 1 heterocycles. The van der Waals surface area contributed by atoms with Crippen molar-refractivity contribution in [3.05, 3.63) is 59.4 Å². The van der Waals surface area contributed by atoms with Crippen molar-refractivity contribution in [1.82, 2.24) is 25.5 Å². The molecule has 2 aromatic carbocycles. The Hall–Kier alpha value is -2.93. The van der Waals surface area contributed by atoms with E-state index in [4.69, 9.17) is 9.47 Å². The fourth-order valence-corrected chi connectivity index (χ4v) is 2.70. The molecule has 0 aliphatic heterocycles. The minimum Gasteiger partial charge on any atom is -0.493 e. The predicted octanol–water partition coefficient (Wildman–Crippen LogP) is 3.45. The predicted molar refractivity (Wildman–Crippen MR) is 108 cm³/mol. The van der Waals surface area contributed by atoms with Gasteiger partial charge in [-0.1, -0.05) is 30.7 Å². The third-order valence-corrected chi connectivity index (χ3v) is 4.66. The van der Waals surface area contributed by atoms with E-state index in [-0.39, 0.29) is 6.61 Å². The first-order valence-electron chi connectivity index (χ1n) is 9.48. The van der Waals surface area contributed by atoms with Gasteiger partial charge in [-0.3, -0.25) is 0 Å². The summed E-state index contributed by atoms with van der Waals surface area (Å²) in [5.74, 6) is 1.97. The Morgan fingerprint density at radius 2 is 1.89 bits per heavy atom. The number of aromatic nitrogens is 4. The van der Waals surface area contributed by atoms with Crippen LogP contribution in [-0.2, 0) is 13.2 Å². The maximum absolute atomic E-state index is 5.95. The van der Waals surface area contributed by atoms with Crippen LogP contribution in [0.25, 0.3) is 5.69 Å². The monoisotopic (exact) mass is 381 g/mol. The third-order valence-electron chi connectivity index (χ3n) is 4.66. The Labute approximate surface area is 165 Å². The standard InChI is InChI=1S/C21H27N5O2/c1-5-16(3)22-13-17-8-11-19(20(12-17)27-4)28-14-21-23-24-25-26(21)18-9-6-15(2)7-10-18/h6-12,16,22H,5,13-14H2,1-4H3/t16-/m0/s1. The van der Waals surface area contributed by atoms with Crippen molar-refractivity contribution in [2.75, 3.05) is 7.11 Å². The maximum Gasteiger partial charge on any atom is 0.194 e. The molecule has 1 N–H and O–H groups in total. The zero-order chi connectivity index (χ0) is 19.9. The van der Waals surface area contributed by atoms with E-state index in [1.54, 1.807) is 11.8 Å². The lowest BCUT2D eigenvalue weighted by Gasteiger charge is -2.14. The van der Waals surface area contributed by atoms with Gasteiger partial charge in [-0.2, -0.15) is 4.68 Å². The van der Waals surface area contributed by atoms with E-state index in [2.05, 4.69) is 34.7 Å². The second kappa shape index (κ2) is 9.32. The highest BCUT2D eigenvalue weighted by Gasteiger charge is 2.12. The highest BCUT2D eigenvalue weighted by Crippen LogP contribution is 2.29. The van der Waals surface area contributed by atoms with E-state index in [0.717, 1.165) is 24.2 Å². The molecule has 0 amide bonds. The second-order valence-electron chi connectivity index (χ2n) is 6.81. The van der Waals surface area contributed by atoms with Gasteiger partial charge in [-0.25, -0.2) is 0 Å². The number of rotatable bonds is 9. The first kappa shape index (κ1) is 19.8. The first-order chi connectivity index (χ1) is 13.6. The largest absolute Gasteiger partial charge is 0.493 e. The molecular weight excluding hydrogens is 354 g/mol. The van der Waals surface area contributed by atoms with Crippen molar-refractivity contribution in [1.29, 1.82) is 0 Å². The van der Waals surface area contributed by atoms with Crippen molar-refractivity contribution in [3.8, 4) is 17.2 Å². The van der Waals surface area contributed by atoms with Gasteiger partial charge < -0.3 is 14.8 Å². The van der Waals surface area contributed by atoms with E-state index in [1.165, 1.54) is 5.56 Å². The Morgan fingerprint density at radius 1 is 1.11 bits per heavy atom. The van der Waals surface area contributed by atoms with Crippen LogP contribution in [0, 0.1) is 6.92 Å². The number of hydrogen-bond acceptors (Lipinski definition) is 6. The van der Waals surface area contributed by atoms with Crippen LogP contribution in [-0.4, -0.2) is 33.4 Å². The van der Waals surface area contributed by atoms with Gasteiger partial charge in [0.1, 0.15) is 0 Å². The van der Waals surface area contributed by atoms with Gasteiger partial charge in [-0.05, 0) is 60.5 Å². The van der Waals surface area contributed by atoms with Crippen LogP contribution in [0.4, 0.5) is 0 Å². The van der Waals surface area contributed by atoms with Crippen molar-refractivity contribution in [2.24, 2.45) is 0 Å². The summed E-state index contributed by atoms with van der Waals surface area (Å²) in [6, 6.07) is 14.4. The first-order valence-corrected chi connectivity index (χ1v) is 9.48. The average Bonchev–Trinajstić information content (AvgIpc) is 3.19. The summed E-state index contributed by atoms with van der Waals surface area (Å²) in [7, 11) is 1.64. The van der Waals surface area contributed by atoms with Crippen LogP contribution in [0.15, 0.2) is 42.5 Å². The summed E-state index contributed by atoms with van der Waals surface area (Å²) in [5, 5.41) is 15.4. The van der Waals surface area contributed by atoms with Crippen LogP contribution >= 0.6 is 0 Å². The highest BCUT2D eigenvalue weighted by molar-refractivity contribution is 5.43. The van der Waals surface area contributed by atoms with Crippen LogP contribution in [0.3, 0.4) is 0 Å². The minimum absolute atomic E-state index is 0.238. The second-order valence-corrected chi connectivity index (χ2v) is 6.81. The molecule has 0 aliphatic rings. The lowest BCUT2D eigenvalue weighted by molar-refractivity contribution is 0.273. The summed E-state index contributed by atoms with van der Waals surface area (Å²) < 4.78 is 13.1. The van der Waals surface area contributed by atoms with E-state index in [1.807, 2.05) is 49.4 Å². The quantitative estimate of drug-likeness (QED) is 0.612. The van der Waals surface area contributed by atoms with Crippen molar-refractivity contribution in [3.63, 3.8) is 0 Å². The molecule has 0 saturated heterocycles. The topological polar surface area (TPSA) is 74.1 Å². The number of ether oxygens (including phenoxy) is 2. The summed E-state index contributed by atoms with van der Waals surface area (Å²) in [6.45, 7) is 7.41. The molecule has 0 bridgehead atoms. The molecule has 1 aromatic heterocycles. The van der Waals surface area contributed by atoms with E-state index < -0.39 is 0 Å². The minimum atomic E-state index is 0.238. The van der Waals surface area contributed by atoms with Crippen LogP contribution in [0.1, 0.15) is 37.2 Å². The molecule has 3 rings (SSSR count). The zero-order valence-electron chi connectivity index (χ0n) is 16.8. The molecule has 0 aliphatic carbocycles. The Balaban J connectivity index is 1.69. The molecule has 28 heavy (non-hydrogen) atoms. The number of benzene rings is 2. The SMILES string of the molecule is CC[C@H](C)NCc1ccc(OCc2nnnn2-c2ccc(C)cc2)c(OC)c1. The van der Waals surface area contributed by atoms with Gasteiger partial charge in [0.25, 0.3) is 0 Å². The molecule has 1 atom stereocenters. The molecule has 0 unspecified atom stereocenters. The van der Waals surface area contributed by atoms with Crippen LogP contribution in [0.5, 0.6) is 11.5 Å². The number of tetrazole rings is 1. The lowest BCUT2D eigenvalue weighted by atomic mass is 10.1. The summed E-state index contributed by atoms with van der Waals surface area (Å²) in [6.07, 6.45) is 1.09. The van der Waals surface area contributed by atoms with Crippen molar-refractivity contribution < 1.29 is 9.47 Å². The van der Waals surface area contributed by atoms with E-state index in [9.17, 15) is 0 Å². The number of methoxy groups -OCH3 is 1. The molecular formula is C21H27N5O2. The van der Waals surface area contributed by atoms with Crippen molar-refractivity contribution >= 4 is 0 Å². The molecule has 0 radical (unpaired) electrons. The zero-order valence-corrected chi connectivity index (χ0v) is 16.8. The number of aryl methyl sites for hydroxylation is 1. The maximum atomic E-state index is 5.95. The third kappa shape index (κ3) is 4.86. The molecule has 7 heteroatoms. The van der Waals surface area contributed by atoms with Gasteiger partial charge >= 0.3 is 0 Å². The molecule has 0 fully saturated rings. The highest BCUT2D eigenvalue weighted by atomic mass is 16.5. The molecule has 0 saturated carbocycles. The molecule has 148 valence electrons. The number of hydrogen-bond donors (Lipinski definition) is 1. The normalized spacial score (nSPS) is 12.0. The number of nitrogens with zero attached hydrogens (tertiary/aromatic N) is 4. The van der Waals surface area contributed by atoms with Crippen molar-refractivity contribution in [2.45, 2.75) is 46.4 Å². The van der Waals surface area contributed by atoms with Gasteiger partial charge in [-0.15, -0.1) is 5.10 Å². The van der Waals surface area contributed by atoms with E-state index in [0.29, 0.717) is 23.4 Å². The Kier molecular flexibility index (Phi) is 6.60. The lowest BCUT2D eigenvalue weighted by Crippen LogP contribution is -2.24. The van der Waals surface area contributed by atoms with Gasteiger partial charge in [0, 0.05) is 12.6 Å². The van der Waals surface area contributed by atoms with Crippen LogP contribution < -0.4 is 14.8 Å². The fourth-order valence-electron chi connectivity index (χ4n) is 2.70. The molecule has 0 spiro atoms. The van der Waals surface area contributed by atoms with E-state index >= 15 is 0 Å². The number of nitrogens with one attached hydrogen (secondary N) is 1. The van der Waals surface area contributed by atoms with Gasteiger partial charge in [0.15, 0.2) is 23.9 Å². The summed E-state index contributed by atoms with van der Waals surface area (Å²) >= 11 is 0. The fraction of sp³-hybridized carbons (Fsp3) is 0.381. The molecule has 7 nitrogen and oxygen atoms in total. The van der Waals surface area contributed by atoms with Crippen LogP contribution in [0.2, 0.25) is 0 Å². The Morgan fingerprint density at radius 3 is 2.61 bits per heavy atom. The smallest absolute Gasteiger partial charge is 0.194 e. The van der Waals surface area contributed by atoms with Gasteiger partial charge in [0.2, 0.25) is 0 Å². The van der Waals surface area contributed by atoms with Gasteiger partial charge in [0.05, 0.1) is 12.8 Å².